The number of carbonyl (C=O) groups is 1. The summed E-state index contributed by atoms with van der Waals surface area (Å²) < 4.78 is 0. The molecule has 104 valence electrons. The van der Waals surface area contributed by atoms with Gasteiger partial charge in [-0.2, -0.15) is 0 Å². The van der Waals surface area contributed by atoms with Gasteiger partial charge in [-0.1, -0.05) is 31.2 Å². The van der Waals surface area contributed by atoms with E-state index in [1.165, 1.54) is 18.1 Å². The number of nitrogens with one attached hydrogen (secondary N) is 2. The summed E-state index contributed by atoms with van der Waals surface area (Å²) in [7, 11) is 0. The first-order valence-electron chi connectivity index (χ1n) is 6.73. The highest BCUT2D eigenvalue weighted by Gasteiger charge is 2.01. The van der Waals surface area contributed by atoms with Gasteiger partial charge in [-0.25, -0.2) is 4.98 Å². The molecular weight excluding hydrogens is 250 g/mol. The molecule has 1 heterocycles. The summed E-state index contributed by atoms with van der Waals surface area (Å²) in [6.07, 6.45) is 2.67. The summed E-state index contributed by atoms with van der Waals surface area (Å²) in [4.78, 5) is 15.2. The van der Waals surface area contributed by atoms with Gasteiger partial charge >= 0.3 is 0 Å². The van der Waals surface area contributed by atoms with Crippen molar-refractivity contribution in [2.24, 2.45) is 0 Å². The van der Waals surface area contributed by atoms with Crippen LogP contribution in [-0.2, 0) is 17.8 Å². The third-order valence-corrected chi connectivity index (χ3v) is 3.04. The van der Waals surface area contributed by atoms with E-state index >= 15 is 0 Å². The predicted octanol–water partition coefficient (Wildman–Crippen LogP) is 3.21. The van der Waals surface area contributed by atoms with Crippen LogP contribution < -0.4 is 10.6 Å². The van der Waals surface area contributed by atoms with Crippen molar-refractivity contribution < 1.29 is 4.79 Å². The van der Waals surface area contributed by atoms with Gasteiger partial charge in [0.2, 0.25) is 5.91 Å². The second-order valence-electron chi connectivity index (χ2n) is 4.59. The van der Waals surface area contributed by atoms with Crippen LogP contribution in [0.2, 0.25) is 0 Å². The molecule has 20 heavy (non-hydrogen) atoms. The smallest absolute Gasteiger partial charge is 0.221 e. The number of carbonyl (C=O) groups excluding carboxylic acids is 1. The van der Waals surface area contributed by atoms with Gasteiger partial charge in [0.15, 0.2) is 0 Å². The van der Waals surface area contributed by atoms with Gasteiger partial charge in [-0.3, -0.25) is 4.79 Å². The monoisotopic (exact) mass is 269 g/mol. The van der Waals surface area contributed by atoms with Crippen LogP contribution in [-0.4, -0.2) is 10.9 Å². The minimum atomic E-state index is -0.0932. The van der Waals surface area contributed by atoms with Gasteiger partial charge in [0.05, 0.1) is 11.9 Å². The molecule has 1 aromatic carbocycles. The van der Waals surface area contributed by atoms with E-state index in [1.54, 1.807) is 6.20 Å². The molecule has 1 amide bonds. The first-order chi connectivity index (χ1) is 9.69. The molecular formula is C16H19N3O. The predicted molar refractivity (Wildman–Crippen MR) is 81.7 cm³/mol. The van der Waals surface area contributed by atoms with Crippen molar-refractivity contribution in [3.05, 3.63) is 53.7 Å². The van der Waals surface area contributed by atoms with E-state index < -0.39 is 0 Å². The van der Waals surface area contributed by atoms with Crippen molar-refractivity contribution in [3.63, 3.8) is 0 Å². The number of aromatic nitrogens is 1. The third-order valence-electron chi connectivity index (χ3n) is 3.04. The SMILES string of the molecule is CCc1ccccc1CNc1ccc(NC(C)=O)cn1. The number of anilines is 2. The van der Waals surface area contributed by atoms with Crippen LogP contribution in [0.1, 0.15) is 25.0 Å². The van der Waals surface area contributed by atoms with Crippen molar-refractivity contribution in [1.29, 1.82) is 0 Å². The summed E-state index contributed by atoms with van der Waals surface area (Å²) in [6, 6.07) is 12.1. The molecule has 0 fully saturated rings. The second-order valence-corrected chi connectivity index (χ2v) is 4.59. The van der Waals surface area contributed by atoms with Crippen LogP contribution in [0.15, 0.2) is 42.6 Å². The van der Waals surface area contributed by atoms with Gasteiger partial charge in [0, 0.05) is 13.5 Å². The van der Waals surface area contributed by atoms with E-state index in [0.29, 0.717) is 5.69 Å². The van der Waals surface area contributed by atoms with E-state index in [1.807, 2.05) is 18.2 Å². The molecule has 0 radical (unpaired) electrons. The van der Waals surface area contributed by atoms with E-state index in [4.69, 9.17) is 0 Å². The maximum atomic E-state index is 10.9. The zero-order valence-electron chi connectivity index (χ0n) is 11.8. The van der Waals surface area contributed by atoms with E-state index in [9.17, 15) is 4.79 Å². The first kappa shape index (κ1) is 14.1. The lowest BCUT2D eigenvalue weighted by molar-refractivity contribution is -0.114. The van der Waals surface area contributed by atoms with Crippen molar-refractivity contribution >= 4 is 17.4 Å². The van der Waals surface area contributed by atoms with Crippen molar-refractivity contribution in [2.45, 2.75) is 26.8 Å². The van der Waals surface area contributed by atoms with Gasteiger partial charge in [0.25, 0.3) is 0 Å². The van der Waals surface area contributed by atoms with Crippen LogP contribution in [0.5, 0.6) is 0 Å². The molecule has 0 bridgehead atoms. The number of hydrogen-bond acceptors (Lipinski definition) is 3. The van der Waals surface area contributed by atoms with Crippen LogP contribution in [0, 0.1) is 0 Å². The Morgan fingerprint density at radius 2 is 1.90 bits per heavy atom. The molecule has 0 saturated carbocycles. The Balaban J connectivity index is 1.98. The van der Waals surface area contributed by atoms with Crippen molar-refractivity contribution in [2.75, 3.05) is 10.6 Å². The topological polar surface area (TPSA) is 54.0 Å². The fourth-order valence-corrected chi connectivity index (χ4v) is 2.04. The van der Waals surface area contributed by atoms with E-state index in [-0.39, 0.29) is 5.91 Å². The molecule has 0 aliphatic rings. The quantitative estimate of drug-likeness (QED) is 0.876. The van der Waals surface area contributed by atoms with Crippen molar-refractivity contribution in [1.82, 2.24) is 4.98 Å². The Kier molecular flexibility index (Phi) is 4.71. The number of aryl methyl sites for hydroxylation is 1. The summed E-state index contributed by atoms with van der Waals surface area (Å²) in [5.41, 5.74) is 3.33. The molecule has 0 aliphatic heterocycles. The Morgan fingerprint density at radius 3 is 2.50 bits per heavy atom. The second kappa shape index (κ2) is 6.70. The highest BCUT2D eigenvalue weighted by atomic mass is 16.1. The van der Waals surface area contributed by atoms with Gasteiger partial charge in [-0.15, -0.1) is 0 Å². The minimum absolute atomic E-state index is 0.0932. The Hall–Kier alpha value is -2.36. The number of benzene rings is 1. The highest BCUT2D eigenvalue weighted by molar-refractivity contribution is 5.88. The summed E-state index contributed by atoms with van der Waals surface area (Å²) >= 11 is 0. The molecule has 0 saturated heterocycles. The maximum Gasteiger partial charge on any atom is 0.221 e. The molecule has 1 aromatic heterocycles. The van der Waals surface area contributed by atoms with Crippen LogP contribution in [0.3, 0.4) is 0 Å². The average molecular weight is 269 g/mol. The summed E-state index contributed by atoms with van der Waals surface area (Å²) in [5.74, 6) is 0.703. The lowest BCUT2D eigenvalue weighted by Crippen LogP contribution is -2.07. The summed E-state index contributed by atoms with van der Waals surface area (Å²) in [6.45, 7) is 4.38. The zero-order chi connectivity index (χ0) is 14.4. The largest absolute Gasteiger partial charge is 0.366 e. The number of rotatable bonds is 5. The normalized spacial score (nSPS) is 10.1. The minimum Gasteiger partial charge on any atom is -0.366 e. The van der Waals surface area contributed by atoms with Crippen LogP contribution in [0.4, 0.5) is 11.5 Å². The average Bonchev–Trinajstić information content (AvgIpc) is 2.46. The molecule has 0 atom stereocenters. The summed E-state index contributed by atoms with van der Waals surface area (Å²) in [5, 5.41) is 5.99. The zero-order valence-corrected chi connectivity index (χ0v) is 11.8. The maximum absolute atomic E-state index is 10.9. The Bertz CT molecular complexity index is 579. The lowest BCUT2D eigenvalue weighted by atomic mass is 10.1. The van der Waals surface area contributed by atoms with Gasteiger partial charge in [-0.05, 0) is 29.7 Å². The molecule has 2 N–H and O–H groups in total. The van der Waals surface area contributed by atoms with Gasteiger partial charge in [0.1, 0.15) is 5.82 Å². The molecule has 2 aromatic rings. The van der Waals surface area contributed by atoms with Crippen LogP contribution in [0.25, 0.3) is 0 Å². The molecule has 0 unspecified atom stereocenters. The standard InChI is InChI=1S/C16H19N3O/c1-3-13-6-4-5-7-14(13)10-17-16-9-8-15(11-18-16)19-12(2)20/h4-9,11H,3,10H2,1-2H3,(H,17,18)(H,19,20). The van der Waals surface area contributed by atoms with E-state index in [0.717, 1.165) is 18.8 Å². The Labute approximate surface area is 119 Å². The van der Waals surface area contributed by atoms with Crippen molar-refractivity contribution in [3.8, 4) is 0 Å². The fourth-order valence-electron chi connectivity index (χ4n) is 2.04. The number of pyridine rings is 1. The molecule has 4 heteroatoms. The Morgan fingerprint density at radius 1 is 1.15 bits per heavy atom. The molecule has 0 spiro atoms. The van der Waals surface area contributed by atoms with Gasteiger partial charge < -0.3 is 10.6 Å². The highest BCUT2D eigenvalue weighted by Crippen LogP contribution is 2.13. The fraction of sp³-hybridized carbons (Fsp3) is 0.250. The van der Waals surface area contributed by atoms with E-state index in [2.05, 4.69) is 40.7 Å². The first-order valence-corrected chi connectivity index (χ1v) is 6.73. The molecule has 4 nitrogen and oxygen atoms in total. The third kappa shape index (κ3) is 3.82. The number of hydrogen-bond donors (Lipinski definition) is 2. The number of nitrogens with zero attached hydrogens (tertiary/aromatic N) is 1. The lowest BCUT2D eigenvalue weighted by Gasteiger charge is -2.10. The molecule has 0 aliphatic carbocycles. The number of amides is 1. The molecule has 2 rings (SSSR count). The van der Waals surface area contributed by atoms with Crippen LogP contribution >= 0.6 is 0 Å².